The maximum Gasteiger partial charge on any atom is 0.179 e. The van der Waals surface area contributed by atoms with E-state index in [1.54, 1.807) is 0 Å². The van der Waals surface area contributed by atoms with Gasteiger partial charge in [0.2, 0.25) is 0 Å². The summed E-state index contributed by atoms with van der Waals surface area (Å²) in [5.41, 5.74) is 2.76. The van der Waals surface area contributed by atoms with Gasteiger partial charge in [-0.2, -0.15) is 0 Å². The van der Waals surface area contributed by atoms with Crippen LogP contribution in [0.4, 0.5) is 5.69 Å². The number of ether oxygens (including phenoxy) is 1. The summed E-state index contributed by atoms with van der Waals surface area (Å²) in [7, 11) is 0. The Hall–Kier alpha value is -2.33. The van der Waals surface area contributed by atoms with Crippen molar-refractivity contribution in [2.75, 3.05) is 18.5 Å². The van der Waals surface area contributed by atoms with E-state index in [2.05, 4.69) is 29.7 Å². The van der Waals surface area contributed by atoms with E-state index in [1.807, 2.05) is 43.3 Å². The topological polar surface area (TPSA) is 50.4 Å². The van der Waals surface area contributed by atoms with Crippen molar-refractivity contribution in [3.05, 3.63) is 59.7 Å². The summed E-state index contributed by atoms with van der Waals surface area (Å²) in [6.45, 7) is 5.41. The number of fused-ring (bicyclic) bond motifs is 1. The van der Waals surface area contributed by atoms with Crippen LogP contribution < -0.4 is 15.4 Å². The van der Waals surface area contributed by atoms with Gasteiger partial charge in [0.1, 0.15) is 12.4 Å². The lowest BCUT2D eigenvalue weighted by Gasteiger charge is -2.22. The van der Waals surface area contributed by atoms with Crippen molar-refractivity contribution < 1.29 is 9.53 Å². The zero-order valence-corrected chi connectivity index (χ0v) is 13.5. The van der Waals surface area contributed by atoms with Crippen molar-refractivity contribution in [3.8, 4) is 5.75 Å². The second-order valence-electron chi connectivity index (χ2n) is 5.87. The van der Waals surface area contributed by atoms with Crippen LogP contribution in [0.3, 0.4) is 0 Å². The summed E-state index contributed by atoms with van der Waals surface area (Å²) >= 11 is 0. The number of anilines is 1. The van der Waals surface area contributed by atoms with Crippen molar-refractivity contribution in [1.29, 1.82) is 0 Å². The van der Waals surface area contributed by atoms with E-state index >= 15 is 0 Å². The number of Topliss-reactive ketones (excluding diaryl/α,β-unsaturated/α-hetero) is 1. The Kier molecular flexibility index (Phi) is 4.63. The van der Waals surface area contributed by atoms with Gasteiger partial charge in [-0.3, -0.25) is 4.79 Å². The standard InChI is InChI=1S/C19H22N2O2/c1-13(15-6-4-3-5-7-15)21-14(2)19(22)16-8-9-18-17(12-16)20-10-11-23-18/h3-9,12-14,20-21H,10-11H2,1-2H3. The van der Waals surface area contributed by atoms with E-state index in [-0.39, 0.29) is 17.9 Å². The molecule has 3 rings (SSSR count). The molecule has 2 N–H and O–H groups in total. The zero-order valence-electron chi connectivity index (χ0n) is 13.5. The lowest BCUT2D eigenvalue weighted by Crippen LogP contribution is -2.36. The normalized spacial score (nSPS) is 15.7. The SMILES string of the molecule is CC(NC(C)c1ccccc1)C(=O)c1ccc2c(c1)NCCO2. The minimum atomic E-state index is -0.257. The molecule has 2 aromatic carbocycles. The maximum atomic E-state index is 12.7. The number of carbonyl (C=O) groups is 1. The molecular formula is C19H22N2O2. The first kappa shape index (κ1) is 15.6. The molecule has 0 saturated heterocycles. The van der Waals surface area contributed by atoms with Gasteiger partial charge in [-0.05, 0) is 37.6 Å². The highest BCUT2D eigenvalue weighted by Crippen LogP contribution is 2.28. The van der Waals surface area contributed by atoms with Crippen LogP contribution in [-0.4, -0.2) is 25.0 Å². The predicted octanol–water partition coefficient (Wildman–Crippen LogP) is 3.41. The first-order valence-corrected chi connectivity index (χ1v) is 8.01. The Balaban J connectivity index is 1.70. The summed E-state index contributed by atoms with van der Waals surface area (Å²) in [4.78, 5) is 12.7. The van der Waals surface area contributed by atoms with Crippen LogP contribution in [-0.2, 0) is 0 Å². The van der Waals surface area contributed by atoms with E-state index in [0.717, 1.165) is 18.0 Å². The highest BCUT2D eigenvalue weighted by atomic mass is 16.5. The van der Waals surface area contributed by atoms with Gasteiger partial charge in [0, 0.05) is 18.2 Å². The van der Waals surface area contributed by atoms with Gasteiger partial charge in [0.15, 0.2) is 5.78 Å². The van der Waals surface area contributed by atoms with Crippen molar-refractivity contribution >= 4 is 11.5 Å². The highest BCUT2D eigenvalue weighted by Gasteiger charge is 2.20. The second-order valence-corrected chi connectivity index (χ2v) is 5.87. The Morgan fingerprint density at radius 3 is 2.74 bits per heavy atom. The number of benzene rings is 2. The Morgan fingerprint density at radius 1 is 1.17 bits per heavy atom. The van der Waals surface area contributed by atoms with Crippen molar-refractivity contribution in [1.82, 2.24) is 5.32 Å². The van der Waals surface area contributed by atoms with Gasteiger partial charge in [-0.1, -0.05) is 30.3 Å². The number of hydrogen-bond acceptors (Lipinski definition) is 4. The molecule has 4 heteroatoms. The fourth-order valence-electron chi connectivity index (χ4n) is 2.83. The molecule has 1 heterocycles. The lowest BCUT2D eigenvalue weighted by molar-refractivity contribution is 0.0945. The molecule has 0 amide bonds. The van der Waals surface area contributed by atoms with E-state index in [1.165, 1.54) is 5.56 Å². The molecule has 0 spiro atoms. The fraction of sp³-hybridized carbons (Fsp3) is 0.316. The molecule has 2 aromatic rings. The third kappa shape index (κ3) is 3.54. The average molecular weight is 310 g/mol. The molecule has 1 aliphatic heterocycles. The summed E-state index contributed by atoms with van der Waals surface area (Å²) in [6, 6.07) is 15.6. The van der Waals surface area contributed by atoms with Crippen LogP contribution in [0.2, 0.25) is 0 Å². The molecule has 1 aliphatic rings. The van der Waals surface area contributed by atoms with Gasteiger partial charge < -0.3 is 15.4 Å². The van der Waals surface area contributed by atoms with E-state index in [9.17, 15) is 4.79 Å². The van der Waals surface area contributed by atoms with Gasteiger partial charge >= 0.3 is 0 Å². The molecule has 23 heavy (non-hydrogen) atoms. The Labute approximate surface area is 136 Å². The van der Waals surface area contributed by atoms with Crippen LogP contribution in [0.15, 0.2) is 48.5 Å². The predicted molar refractivity (Wildman–Crippen MR) is 92.2 cm³/mol. The molecule has 0 saturated carbocycles. The van der Waals surface area contributed by atoms with E-state index in [0.29, 0.717) is 12.2 Å². The smallest absolute Gasteiger partial charge is 0.179 e. The molecule has 0 radical (unpaired) electrons. The molecule has 0 fully saturated rings. The summed E-state index contributed by atoms with van der Waals surface area (Å²) in [5, 5.41) is 6.64. The van der Waals surface area contributed by atoms with Gasteiger partial charge in [0.05, 0.1) is 11.7 Å². The van der Waals surface area contributed by atoms with Crippen LogP contribution in [0.1, 0.15) is 35.8 Å². The summed E-state index contributed by atoms with van der Waals surface area (Å²) < 4.78 is 5.55. The molecule has 2 atom stereocenters. The van der Waals surface area contributed by atoms with Crippen molar-refractivity contribution in [3.63, 3.8) is 0 Å². The summed E-state index contributed by atoms with van der Waals surface area (Å²) in [5.74, 6) is 0.897. The van der Waals surface area contributed by atoms with Crippen molar-refractivity contribution in [2.45, 2.75) is 25.9 Å². The largest absolute Gasteiger partial charge is 0.490 e. The molecule has 120 valence electrons. The monoisotopic (exact) mass is 310 g/mol. The highest BCUT2D eigenvalue weighted by molar-refractivity contribution is 6.01. The first-order valence-electron chi connectivity index (χ1n) is 8.01. The molecule has 4 nitrogen and oxygen atoms in total. The lowest BCUT2D eigenvalue weighted by atomic mass is 10.0. The number of hydrogen-bond donors (Lipinski definition) is 2. The molecule has 0 bridgehead atoms. The number of ketones is 1. The summed E-state index contributed by atoms with van der Waals surface area (Å²) in [6.07, 6.45) is 0. The second kappa shape index (κ2) is 6.84. The quantitative estimate of drug-likeness (QED) is 0.831. The fourth-order valence-corrected chi connectivity index (χ4v) is 2.83. The maximum absolute atomic E-state index is 12.7. The van der Waals surface area contributed by atoms with Crippen LogP contribution >= 0.6 is 0 Å². The molecular weight excluding hydrogens is 288 g/mol. The van der Waals surface area contributed by atoms with Crippen molar-refractivity contribution in [2.24, 2.45) is 0 Å². The van der Waals surface area contributed by atoms with E-state index in [4.69, 9.17) is 4.74 Å². The molecule has 0 aliphatic carbocycles. The van der Waals surface area contributed by atoms with Crippen LogP contribution in [0.25, 0.3) is 0 Å². The van der Waals surface area contributed by atoms with Crippen LogP contribution in [0.5, 0.6) is 5.75 Å². The van der Waals surface area contributed by atoms with Crippen LogP contribution in [0, 0.1) is 0 Å². The Morgan fingerprint density at radius 2 is 1.96 bits per heavy atom. The van der Waals surface area contributed by atoms with Gasteiger partial charge in [-0.25, -0.2) is 0 Å². The number of carbonyl (C=O) groups excluding carboxylic acids is 1. The molecule has 2 unspecified atom stereocenters. The Bertz CT molecular complexity index is 685. The van der Waals surface area contributed by atoms with E-state index < -0.39 is 0 Å². The van der Waals surface area contributed by atoms with Gasteiger partial charge in [-0.15, -0.1) is 0 Å². The minimum Gasteiger partial charge on any atom is -0.490 e. The third-order valence-electron chi connectivity index (χ3n) is 4.13. The molecule has 0 aromatic heterocycles. The average Bonchev–Trinajstić information content (AvgIpc) is 2.61. The number of rotatable bonds is 5. The van der Waals surface area contributed by atoms with Gasteiger partial charge in [0.25, 0.3) is 0 Å². The minimum absolute atomic E-state index is 0.0861. The number of nitrogens with one attached hydrogen (secondary N) is 2. The third-order valence-corrected chi connectivity index (χ3v) is 4.13. The zero-order chi connectivity index (χ0) is 16.2. The first-order chi connectivity index (χ1) is 11.1.